The summed E-state index contributed by atoms with van der Waals surface area (Å²) in [5.41, 5.74) is -2.69. The minimum Gasteiger partial charge on any atom is -0.461 e. The zero-order valence-electron chi connectivity index (χ0n) is 9.97. The number of carbonyl (C=O) groups is 1. The Morgan fingerprint density at radius 1 is 1.35 bits per heavy atom. The van der Waals surface area contributed by atoms with Crippen LogP contribution in [0.25, 0.3) is 0 Å². The molecule has 2 nitrogen and oxygen atoms in total. The first-order valence-electron chi connectivity index (χ1n) is 5.92. The zero-order valence-corrected chi connectivity index (χ0v) is 9.97. The predicted molar refractivity (Wildman–Crippen MR) is 52.9 cm³/mol. The molecule has 0 spiro atoms. The molecule has 2 bridgehead atoms. The summed E-state index contributed by atoms with van der Waals surface area (Å²) < 4.78 is 45.0. The van der Waals surface area contributed by atoms with Crippen LogP contribution in [0.15, 0.2) is 0 Å². The normalized spacial score (nSPS) is 50.8. The molecular formula is C12H15F3O2. The van der Waals surface area contributed by atoms with Crippen molar-refractivity contribution in [3.63, 3.8) is 0 Å². The van der Waals surface area contributed by atoms with Gasteiger partial charge in [0.15, 0.2) is 5.41 Å². The molecule has 5 atom stereocenters. The number of halogens is 3. The highest BCUT2D eigenvalue weighted by Gasteiger charge is 2.83. The fourth-order valence-electron chi connectivity index (χ4n) is 4.72. The molecule has 0 radical (unpaired) electrons. The molecule has 0 aromatic heterocycles. The van der Waals surface area contributed by atoms with Crippen LogP contribution in [0.4, 0.5) is 13.2 Å². The molecule has 0 N–H and O–H groups in total. The lowest BCUT2D eigenvalue weighted by molar-refractivity contribution is -0.232. The second-order valence-electron chi connectivity index (χ2n) is 6.31. The quantitative estimate of drug-likeness (QED) is 0.616. The number of fused-ring (bicyclic) bond motifs is 1. The van der Waals surface area contributed by atoms with Crippen molar-refractivity contribution in [3.8, 4) is 0 Å². The molecule has 2 saturated carbocycles. The van der Waals surface area contributed by atoms with Crippen molar-refractivity contribution in [1.29, 1.82) is 0 Å². The SMILES string of the molecule is CC1C2OC(=O)C3(C(F)(F)F)CC1C(C)(C)C23. The van der Waals surface area contributed by atoms with Crippen LogP contribution >= 0.6 is 0 Å². The van der Waals surface area contributed by atoms with E-state index in [4.69, 9.17) is 4.74 Å². The smallest absolute Gasteiger partial charge is 0.405 e. The summed E-state index contributed by atoms with van der Waals surface area (Å²) in [4.78, 5) is 11.8. The predicted octanol–water partition coefficient (Wildman–Crippen LogP) is 2.77. The molecule has 2 aliphatic carbocycles. The summed E-state index contributed by atoms with van der Waals surface area (Å²) >= 11 is 0. The lowest BCUT2D eigenvalue weighted by Gasteiger charge is -2.33. The largest absolute Gasteiger partial charge is 0.461 e. The highest BCUT2D eigenvalue weighted by Crippen LogP contribution is 2.75. The first-order chi connectivity index (χ1) is 7.64. The van der Waals surface area contributed by atoms with E-state index < -0.39 is 35.0 Å². The van der Waals surface area contributed by atoms with Gasteiger partial charge in [0.25, 0.3) is 0 Å². The van der Waals surface area contributed by atoms with Gasteiger partial charge in [0, 0.05) is 5.92 Å². The van der Waals surface area contributed by atoms with Crippen LogP contribution in [0.1, 0.15) is 27.2 Å². The maximum Gasteiger partial charge on any atom is 0.405 e. The highest BCUT2D eigenvalue weighted by molar-refractivity contribution is 5.82. The van der Waals surface area contributed by atoms with Crippen molar-refractivity contribution < 1.29 is 22.7 Å². The van der Waals surface area contributed by atoms with Gasteiger partial charge < -0.3 is 4.74 Å². The molecule has 1 aliphatic heterocycles. The van der Waals surface area contributed by atoms with Crippen LogP contribution in [0.3, 0.4) is 0 Å². The standard InChI is InChI=1S/C12H15F3O2/c1-5-6-4-11(12(13,14)15)8(10(6,2)3)7(5)17-9(11)16/h5-8H,4H2,1-3H3. The first-order valence-corrected chi connectivity index (χ1v) is 5.92. The van der Waals surface area contributed by atoms with Crippen molar-refractivity contribution in [2.75, 3.05) is 0 Å². The fourth-order valence-corrected chi connectivity index (χ4v) is 4.72. The summed E-state index contributed by atoms with van der Waals surface area (Å²) in [7, 11) is 0. The average Bonchev–Trinajstić information content (AvgIpc) is 2.62. The number of hydrogen-bond acceptors (Lipinski definition) is 2. The number of hydrogen-bond donors (Lipinski definition) is 0. The van der Waals surface area contributed by atoms with Gasteiger partial charge in [-0.3, -0.25) is 4.79 Å². The van der Waals surface area contributed by atoms with E-state index in [1.807, 2.05) is 20.8 Å². The van der Waals surface area contributed by atoms with Crippen LogP contribution in [0, 0.1) is 28.6 Å². The van der Waals surface area contributed by atoms with Crippen LogP contribution in [0.2, 0.25) is 0 Å². The third kappa shape index (κ3) is 0.946. The lowest BCUT2D eigenvalue weighted by atomic mass is 9.69. The van der Waals surface area contributed by atoms with E-state index in [0.717, 1.165) is 0 Å². The highest BCUT2D eigenvalue weighted by atomic mass is 19.4. The maximum absolute atomic E-state index is 13.3. The molecule has 96 valence electrons. The molecule has 3 aliphatic rings. The van der Waals surface area contributed by atoms with Gasteiger partial charge in [-0.05, 0) is 23.7 Å². The van der Waals surface area contributed by atoms with E-state index in [1.165, 1.54) is 0 Å². The number of rotatable bonds is 0. The third-order valence-corrected chi connectivity index (χ3v) is 5.42. The van der Waals surface area contributed by atoms with Gasteiger partial charge in [0.05, 0.1) is 0 Å². The van der Waals surface area contributed by atoms with E-state index in [0.29, 0.717) is 0 Å². The Balaban J connectivity index is 2.19. The Bertz CT molecular complexity index is 401. The Hall–Kier alpha value is -0.740. The van der Waals surface area contributed by atoms with Crippen molar-refractivity contribution in [1.82, 2.24) is 0 Å². The third-order valence-electron chi connectivity index (χ3n) is 5.42. The number of ether oxygens (including phenoxy) is 1. The molecule has 1 heterocycles. The van der Waals surface area contributed by atoms with Gasteiger partial charge in [0.1, 0.15) is 6.10 Å². The van der Waals surface area contributed by atoms with Crippen LogP contribution in [-0.2, 0) is 9.53 Å². The number of alkyl halides is 3. The summed E-state index contributed by atoms with van der Waals surface area (Å²) in [6, 6.07) is 0. The monoisotopic (exact) mass is 248 g/mol. The van der Waals surface area contributed by atoms with Gasteiger partial charge in [-0.15, -0.1) is 0 Å². The van der Waals surface area contributed by atoms with Crippen LogP contribution in [0.5, 0.6) is 0 Å². The molecule has 5 heteroatoms. The van der Waals surface area contributed by atoms with Gasteiger partial charge >= 0.3 is 12.1 Å². The Morgan fingerprint density at radius 2 is 1.94 bits per heavy atom. The van der Waals surface area contributed by atoms with Gasteiger partial charge in [0.2, 0.25) is 0 Å². The molecule has 3 fully saturated rings. The fraction of sp³-hybridized carbons (Fsp3) is 0.917. The number of carbonyl (C=O) groups excluding carboxylic acids is 1. The van der Waals surface area contributed by atoms with E-state index in [2.05, 4.69) is 0 Å². The summed E-state index contributed by atoms with van der Waals surface area (Å²) in [6.45, 7) is 5.58. The Labute approximate surface area is 97.5 Å². The molecule has 0 amide bonds. The Kier molecular flexibility index (Phi) is 1.77. The molecule has 17 heavy (non-hydrogen) atoms. The molecule has 0 aromatic rings. The van der Waals surface area contributed by atoms with Crippen molar-refractivity contribution >= 4 is 5.97 Å². The van der Waals surface area contributed by atoms with Crippen molar-refractivity contribution in [2.24, 2.45) is 28.6 Å². The minimum absolute atomic E-state index is 0.0388. The van der Waals surface area contributed by atoms with E-state index >= 15 is 0 Å². The first kappa shape index (κ1) is 11.4. The summed E-state index contributed by atoms with van der Waals surface area (Å²) in [6.07, 6.45) is -5.13. The molecule has 3 rings (SSSR count). The maximum atomic E-state index is 13.3. The number of esters is 1. The zero-order chi connectivity index (χ0) is 12.8. The van der Waals surface area contributed by atoms with E-state index in [1.54, 1.807) is 0 Å². The van der Waals surface area contributed by atoms with Crippen LogP contribution in [-0.4, -0.2) is 18.2 Å². The second-order valence-corrected chi connectivity index (χ2v) is 6.31. The van der Waals surface area contributed by atoms with E-state index in [-0.39, 0.29) is 18.3 Å². The van der Waals surface area contributed by atoms with Crippen molar-refractivity contribution in [2.45, 2.75) is 39.5 Å². The Morgan fingerprint density at radius 3 is 2.41 bits per heavy atom. The summed E-state index contributed by atoms with van der Waals surface area (Å²) in [5, 5.41) is 0. The minimum atomic E-state index is -4.49. The van der Waals surface area contributed by atoms with Gasteiger partial charge in [-0.2, -0.15) is 13.2 Å². The molecule has 5 unspecified atom stereocenters. The van der Waals surface area contributed by atoms with Crippen LogP contribution < -0.4 is 0 Å². The van der Waals surface area contributed by atoms with E-state index in [9.17, 15) is 18.0 Å². The molecule has 1 saturated heterocycles. The second kappa shape index (κ2) is 2.64. The van der Waals surface area contributed by atoms with Gasteiger partial charge in [-0.1, -0.05) is 20.8 Å². The molecular weight excluding hydrogens is 233 g/mol. The topological polar surface area (TPSA) is 26.3 Å². The van der Waals surface area contributed by atoms with Crippen molar-refractivity contribution in [3.05, 3.63) is 0 Å². The average molecular weight is 248 g/mol. The van der Waals surface area contributed by atoms with Gasteiger partial charge in [-0.25, -0.2) is 0 Å². The molecule has 0 aromatic carbocycles. The summed E-state index contributed by atoms with van der Waals surface area (Å²) in [5.74, 6) is -1.79. The lowest BCUT2D eigenvalue weighted by Crippen LogP contribution is -2.47.